The molecule has 1 aliphatic heterocycles. The maximum absolute atomic E-state index is 11.5. The summed E-state index contributed by atoms with van der Waals surface area (Å²) < 4.78 is 0. The predicted octanol–water partition coefficient (Wildman–Crippen LogP) is 3.05. The summed E-state index contributed by atoms with van der Waals surface area (Å²) in [5.74, 6) is 1.29. The summed E-state index contributed by atoms with van der Waals surface area (Å²) >= 11 is 0. The van der Waals surface area contributed by atoms with E-state index in [9.17, 15) is 4.79 Å². The summed E-state index contributed by atoms with van der Waals surface area (Å²) in [6.07, 6.45) is 4.74. The first kappa shape index (κ1) is 32.2. The second-order valence-electron chi connectivity index (χ2n) is 7.93. The molecular formula is C25H40N7OY-. The van der Waals surface area contributed by atoms with Gasteiger partial charge >= 0.3 is 0 Å². The number of nitrogens with zero attached hydrogens (tertiary/aromatic N) is 5. The molecule has 1 aromatic heterocycles. The Balaban J connectivity index is 0.00000207. The van der Waals surface area contributed by atoms with Gasteiger partial charge in [-0.1, -0.05) is 12.1 Å². The van der Waals surface area contributed by atoms with Gasteiger partial charge in [0.05, 0.1) is 6.20 Å². The number of anilines is 3. The second-order valence-corrected chi connectivity index (χ2v) is 7.93. The topological polar surface area (TPSA) is 90.6 Å². The van der Waals surface area contributed by atoms with E-state index in [0.29, 0.717) is 17.6 Å². The Kier molecular flexibility index (Phi) is 16.6. The van der Waals surface area contributed by atoms with E-state index >= 15 is 0 Å². The number of aldehydes is 1. The van der Waals surface area contributed by atoms with Crippen molar-refractivity contribution in [3.8, 4) is 0 Å². The number of hydrogen-bond acceptors (Lipinski definition) is 8. The van der Waals surface area contributed by atoms with Crippen LogP contribution in [0.4, 0.5) is 17.3 Å². The molecule has 185 valence electrons. The van der Waals surface area contributed by atoms with Crippen molar-refractivity contribution in [1.29, 1.82) is 0 Å². The van der Waals surface area contributed by atoms with E-state index in [1.165, 1.54) is 13.5 Å². The quantitative estimate of drug-likeness (QED) is 0.299. The van der Waals surface area contributed by atoms with Crippen molar-refractivity contribution >= 4 is 23.6 Å². The smallest absolute Gasteiger partial charge is 0.172 e. The normalized spacial score (nSPS) is 14.8. The van der Waals surface area contributed by atoms with E-state index < -0.39 is 0 Å². The van der Waals surface area contributed by atoms with Gasteiger partial charge in [-0.05, 0) is 41.0 Å². The Morgan fingerprint density at radius 3 is 2.44 bits per heavy atom. The Morgan fingerprint density at radius 1 is 1.21 bits per heavy atom. The third-order valence-electron chi connectivity index (χ3n) is 5.36. The number of hydrogen-bond donors (Lipinski definition) is 2. The molecule has 34 heavy (non-hydrogen) atoms. The van der Waals surface area contributed by atoms with Crippen LogP contribution in [0.5, 0.6) is 0 Å². The molecule has 1 fully saturated rings. The van der Waals surface area contributed by atoms with Gasteiger partial charge in [-0.25, -0.2) is 9.97 Å². The van der Waals surface area contributed by atoms with Gasteiger partial charge in [-0.2, -0.15) is 24.6 Å². The zero-order valence-corrected chi connectivity index (χ0v) is 24.0. The first-order chi connectivity index (χ1) is 16.0. The molecule has 2 aromatic rings. The van der Waals surface area contributed by atoms with Gasteiger partial charge in [0.25, 0.3) is 0 Å². The molecule has 0 bridgehead atoms. The van der Waals surface area contributed by atoms with Crippen molar-refractivity contribution in [2.75, 3.05) is 64.6 Å². The standard InChI is InChI=1S/C22H31N6O.C2H4.CH5N.Y/c1-17-7-9-18(10-8-17)24-22-20(16-29)23-14-21(25-22)28-11-5-6-19(15-28)27(4)13-12-26(2)3;2*1-2;/h7-10,14,16,19H,1,5-6,11-13,15H2,2-4H3,(H,24,25);1-2H2;2H2,1H3;/q-1;;;. The molecule has 8 nitrogen and oxygen atoms in total. The molecule has 1 unspecified atom stereocenters. The monoisotopic (exact) mass is 543 g/mol. The number of piperidine rings is 1. The third kappa shape index (κ3) is 10.2. The number of likely N-dealkylation sites (N-methyl/N-ethyl adjacent to an activating group) is 2. The van der Waals surface area contributed by atoms with Crippen LogP contribution in [-0.4, -0.2) is 86.5 Å². The maximum Gasteiger partial charge on any atom is 0.172 e. The summed E-state index contributed by atoms with van der Waals surface area (Å²) in [4.78, 5) is 27.4. The molecule has 1 radical (unpaired) electrons. The Hall–Kier alpha value is -1.84. The molecule has 3 N–H and O–H groups in total. The van der Waals surface area contributed by atoms with Crippen LogP contribution < -0.4 is 16.0 Å². The number of nitrogens with two attached hydrogens (primary N) is 1. The van der Waals surface area contributed by atoms with E-state index in [1.54, 1.807) is 6.20 Å². The van der Waals surface area contributed by atoms with Gasteiger partial charge in [-0.3, -0.25) is 4.79 Å². The number of benzene rings is 1. The van der Waals surface area contributed by atoms with Gasteiger partial charge < -0.3 is 25.8 Å². The minimum Gasteiger partial charge on any atom is -0.354 e. The van der Waals surface area contributed by atoms with Crippen LogP contribution >= 0.6 is 0 Å². The molecule has 1 aliphatic rings. The first-order valence-electron chi connectivity index (χ1n) is 11.1. The Labute approximate surface area is 230 Å². The SMILES string of the molecule is C=C.CN.[CH2-]c1ccc(Nc2nc(N3CCCC(N(C)CCN(C)C)C3)cnc2C=O)cc1.[Y]. The third-order valence-corrected chi connectivity index (χ3v) is 5.36. The molecule has 9 heteroatoms. The van der Waals surface area contributed by atoms with Crippen LogP contribution in [-0.2, 0) is 32.7 Å². The molecule has 0 spiro atoms. The van der Waals surface area contributed by atoms with E-state index in [2.05, 4.69) is 72.0 Å². The summed E-state index contributed by atoms with van der Waals surface area (Å²) in [6.45, 7) is 13.8. The molecule has 3 rings (SSSR count). The summed E-state index contributed by atoms with van der Waals surface area (Å²) in [5, 5.41) is 3.22. The van der Waals surface area contributed by atoms with E-state index in [0.717, 1.165) is 56.0 Å². The van der Waals surface area contributed by atoms with Crippen molar-refractivity contribution in [3.05, 3.63) is 61.8 Å². The minimum atomic E-state index is 0. The van der Waals surface area contributed by atoms with E-state index in [-0.39, 0.29) is 32.7 Å². The Morgan fingerprint density at radius 2 is 1.85 bits per heavy atom. The van der Waals surface area contributed by atoms with Crippen LogP contribution in [0.25, 0.3) is 0 Å². The molecular weight excluding hydrogens is 503 g/mol. The van der Waals surface area contributed by atoms with Crippen molar-refractivity contribution in [2.45, 2.75) is 18.9 Å². The van der Waals surface area contributed by atoms with Gasteiger partial charge in [0.15, 0.2) is 12.1 Å². The number of rotatable bonds is 8. The van der Waals surface area contributed by atoms with Crippen molar-refractivity contribution in [3.63, 3.8) is 0 Å². The van der Waals surface area contributed by atoms with Crippen LogP contribution in [0.15, 0.2) is 43.6 Å². The van der Waals surface area contributed by atoms with Gasteiger partial charge in [-0.15, -0.1) is 13.2 Å². The van der Waals surface area contributed by atoms with Crippen molar-refractivity contribution < 1.29 is 37.5 Å². The zero-order chi connectivity index (χ0) is 24.8. The van der Waals surface area contributed by atoms with Gasteiger partial charge in [0.1, 0.15) is 11.5 Å². The summed E-state index contributed by atoms with van der Waals surface area (Å²) in [5.41, 5.74) is 6.60. The van der Waals surface area contributed by atoms with Crippen LogP contribution in [0.2, 0.25) is 0 Å². The van der Waals surface area contributed by atoms with Gasteiger partial charge in [0.2, 0.25) is 0 Å². The fourth-order valence-corrected chi connectivity index (χ4v) is 3.51. The number of aromatic nitrogens is 2. The van der Waals surface area contributed by atoms with Crippen molar-refractivity contribution in [1.82, 2.24) is 19.8 Å². The Bertz CT molecular complexity index is 833. The first-order valence-corrected chi connectivity index (χ1v) is 11.1. The molecule has 0 aliphatic carbocycles. The molecule has 0 saturated carbocycles. The average molecular weight is 544 g/mol. The van der Waals surface area contributed by atoms with E-state index in [4.69, 9.17) is 4.98 Å². The summed E-state index contributed by atoms with van der Waals surface area (Å²) in [6, 6.07) is 8.15. The van der Waals surface area contributed by atoms with Crippen LogP contribution in [0.1, 0.15) is 28.9 Å². The second kappa shape index (κ2) is 17.6. The van der Waals surface area contributed by atoms with Crippen LogP contribution in [0.3, 0.4) is 0 Å². The number of carbonyl (C=O) groups excluding carboxylic acids is 1. The number of nitrogens with one attached hydrogen (secondary N) is 1. The summed E-state index contributed by atoms with van der Waals surface area (Å²) in [7, 11) is 7.90. The fraction of sp³-hybridized carbons (Fsp3) is 0.440. The molecule has 2 heterocycles. The fourth-order valence-electron chi connectivity index (χ4n) is 3.51. The predicted molar refractivity (Wildman–Crippen MR) is 139 cm³/mol. The average Bonchev–Trinajstić information content (AvgIpc) is 2.86. The maximum atomic E-state index is 11.5. The molecule has 1 atom stereocenters. The van der Waals surface area contributed by atoms with E-state index in [1.807, 2.05) is 24.3 Å². The molecule has 0 amide bonds. The van der Waals surface area contributed by atoms with Crippen molar-refractivity contribution in [2.24, 2.45) is 5.73 Å². The van der Waals surface area contributed by atoms with Gasteiger partial charge in [0, 0.05) is 70.6 Å². The zero-order valence-electron chi connectivity index (χ0n) is 21.2. The minimum absolute atomic E-state index is 0. The molecule has 1 aromatic carbocycles. The largest absolute Gasteiger partial charge is 0.354 e. The molecule has 1 saturated heterocycles. The van der Waals surface area contributed by atoms with Crippen LogP contribution in [0, 0.1) is 6.92 Å². The number of carbonyl (C=O) groups is 1.